The highest BCUT2D eigenvalue weighted by molar-refractivity contribution is 7.98. The van der Waals surface area contributed by atoms with Crippen molar-refractivity contribution >= 4 is 23.7 Å². The highest BCUT2D eigenvalue weighted by Crippen LogP contribution is 2.16. The molecule has 0 unspecified atom stereocenters. The molecule has 4 heteroatoms. The SMILES string of the molecule is CCNC(=O)C(=Cc1ccc(OC)cc1)CCSC. The van der Waals surface area contributed by atoms with Gasteiger partial charge in [-0.15, -0.1) is 0 Å². The molecule has 0 aromatic heterocycles. The highest BCUT2D eigenvalue weighted by atomic mass is 32.2. The van der Waals surface area contributed by atoms with Crippen LogP contribution in [0.1, 0.15) is 18.9 Å². The van der Waals surface area contributed by atoms with E-state index in [2.05, 4.69) is 5.32 Å². The van der Waals surface area contributed by atoms with E-state index in [0.29, 0.717) is 6.54 Å². The van der Waals surface area contributed by atoms with Crippen molar-refractivity contribution in [2.75, 3.05) is 25.7 Å². The third-order valence-corrected chi connectivity index (χ3v) is 3.27. The van der Waals surface area contributed by atoms with E-state index in [4.69, 9.17) is 4.74 Å². The zero-order valence-electron chi connectivity index (χ0n) is 11.7. The molecule has 1 amide bonds. The van der Waals surface area contributed by atoms with Gasteiger partial charge in [0.1, 0.15) is 5.75 Å². The summed E-state index contributed by atoms with van der Waals surface area (Å²) in [7, 11) is 1.64. The molecule has 0 bridgehead atoms. The summed E-state index contributed by atoms with van der Waals surface area (Å²) in [5.41, 5.74) is 1.84. The van der Waals surface area contributed by atoms with E-state index >= 15 is 0 Å². The van der Waals surface area contributed by atoms with Gasteiger partial charge in [0.2, 0.25) is 5.91 Å². The van der Waals surface area contributed by atoms with Crippen LogP contribution in [0.15, 0.2) is 29.8 Å². The van der Waals surface area contributed by atoms with Crippen molar-refractivity contribution < 1.29 is 9.53 Å². The maximum atomic E-state index is 12.0. The molecule has 0 aliphatic rings. The Bertz CT molecular complexity index is 426. The number of thioether (sulfide) groups is 1. The number of amides is 1. The van der Waals surface area contributed by atoms with Crippen LogP contribution in [0.4, 0.5) is 0 Å². The van der Waals surface area contributed by atoms with Crippen molar-refractivity contribution in [2.24, 2.45) is 0 Å². The number of nitrogens with one attached hydrogen (secondary N) is 1. The second kappa shape index (κ2) is 8.64. The number of ether oxygens (including phenoxy) is 1. The lowest BCUT2D eigenvalue weighted by Gasteiger charge is -2.07. The van der Waals surface area contributed by atoms with E-state index < -0.39 is 0 Å². The smallest absolute Gasteiger partial charge is 0.247 e. The molecule has 0 fully saturated rings. The van der Waals surface area contributed by atoms with Gasteiger partial charge in [-0.3, -0.25) is 4.79 Å². The Hall–Kier alpha value is -1.42. The summed E-state index contributed by atoms with van der Waals surface area (Å²) >= 11 is 1.74. The van der Waals surface area contributed by atoms with Crippen LogP contribution in [0.3, 0.4) is 0 Å². The molecule has 1 rings (SSSR count). The number of hydrogen-bond donors (Lipinski definition) is 1. The van der Waals surface area contributed by atoms with Crippen LogP contribution >= 0.6 is 11.8 Å². The summed E-state index contributed by atoms with van der Waals surface area (Å²) in [6.07, 6.45) is 4.77. The van der Waals surface area contributed by atoms with Crippen LogP contribution in [0.5, 0.6) is 5.75 Å². The normalized spacial score (nSPS) is 11.2. The van der Waals surface area contributed by atoms with E-state index in [1.54, 1.807) is 18.9 Å². The average molecular weight is 279 g/mol. The number of rotatable bonds is 7. The molecule has 0 spiro atoms. The Kier molecular flexibility index (Phi) is 7.11. The zero-order valence-corrected chi connectivity index (χ0v) is 12.5. The first-order chi connectivity index (χ1) is 9.21. The monoisotopic (exact) mass is 279 g/mol. The fraction of sp³-hybridized carbons (Fsp3) is 0.400. The van der Waals surface area contributed by atoms with E-state index in [9.17, 15) is 4.79 Å². The van der Waals surface area contributed by atoms with Gasteiger partial charge in [0, 0.05) is 12.1 Å². The number of hydrogen-bond acceptors (Lipinski definition) is 3. The lowest BCUT2D eigenvalue weighted by Crippen LogP contribution is -2.24. The van der Waals surface area contributed by atoms with Gasteiger partial charge in [-0.2, -0.15) is 11.8 Å². The maximum absolute atomic E-state index is 12.0. The molecule has 1 aromatic carbocycles. The second-order valence-corrected chi connectivity index (χ2v) is 5.03. The molecule has 0 aliphatic carbocycles. The minimum absolute atomic E-state index is 0.0207. The predicted molar refractivity (Wildman–Crippen MR) is 82.7 cm³/mol. The summed E-state index contributed by atoms with van der Waals surface area (Å²) in [5.74, 6) is 1.78. The van der Waals surface area contributed by atoms with Crippen LogP contribution in [-0.4, -0.2) is 31.6 Å². The summed E-state index contributed by atoms with van der Waals surface area (Å²) in [6.45, 7) is 2.58. The molecule has 19 heavy (non-hydrogen) atoms. The highest BCUT2D eigenvalue weighted by Gasteiger charge is 2.08. The van der Waals surface area contributed by atoms with Crippen molar-refractivity contribution in [3.8, 4) is 5.75 Å². The molecule has 0 saturated heterocycles. The van der Waals surface area contributed by atoms with Gasteiger partial charge in [0.15, 0.2) is 0 Å². The number of carbonyl (C=O) groups is 1. The van der Waals surface area contributed by atoms with Crippen LogP contribution in [-0.2, 0) is 4.79 Å². The van der Waals surface area contributed by atoms with Crippen LogP contribution < -0.4 is 10.1 Å². The lowest BCUT2D eigenvalue weighted by molar-refractivity contribution is -0.117. The van der Waals surface area contributed by atoms with Gasteiger partial charge in [0.05, 0.1) is 7.11 Å². The Morgan fingerprint density at radius 2 is 2.05 bits per heavy atom. The van der Waals surface area contributed by atoms with Crippen LogP contribution in [0, 0.1) is 0 Å². The van der Waals surface area contributed by atoms with E-state index in [0.717, 1.165) is 29.1 Å². The number of methoxy groups -OCH3 is 1. The minimum Gasteiger partial charge on any atom is -0.497 e. The van der Waals surface area contributed by atoms with Gasteiger partial charge in [-0.05, 0) is 49.1 Å². The second-order valence-electron chi connectivity index (χ2n) is 4.04. The van der Waals surface area contributed by atoms with E-state index in [-0.39, 0.29) is 5.91 Å². The van der Waals surface area contributed by atoms with Crippen molar-refractivity contribution in [3.05, 3.63) is 35.4 Å². The largest absolute Gasteiger partial charge is 0.497 e. The summed E-state index contributed by atoms with van der Waals surface area (Å²) in [6, 6.07) is 7.71. The van der Waals surface area contributed by atoms with Crippen molar-refractivity contribution in [1.29, 1.82) is 0 Å². The first kappa shape index (κ1) is 15.6. The first-order valence-electron chi connectivity index (χ1n) is 6.33. The molecule has 0 heterocycles. The lowest BCUT2D eigenvalue weighted by atomic mass is 10.1. The number of carbonyl (C=O) groups excluding carboxylic acids is 1. The molecular weight excluding hydrogens is 258 g/mol. The van der Waals surface area contributed by atoms with Crippen LogP contribution in [0.2, 0.25) is 0 Å². The standard InChI is InChI=1S/C15H21NO2S/c1-4-16-15(17)13(9-10-19-3)11-12-5-7-14(18-2)8-6-12/h5-8,11H,4,9-10H2,1-3H3,(H,16,17). The molecule has 3 nitrogen and oxygen atoms in total. The van der Waals surface area contributed by atoms with Gasteiger partial charge < -0.3 is 10.1 Å². The van der Waals surface area contributed by atoms with Crippen molar-refractivity contribution in [3.63, 3.8) is 0 Å². The van der Waals surface area contributed by atoms with Crippen LogP contribution in [0.25, 0.3) is 6.08 Å². The quantitative estimate of drug-likeness (QED) is 0.780. The fourth-order valence-electron chi connectivity index (χ4n) is 1.64. The Balaban J connectivity index is 2.87. The van der Waals surface area contributed by atoms with E-state index in [1.165, 1.54) is 0 Å². The molecule has 104 valence electrons. The maximum Gasteiger partial charge on any atom is 0.247 e. The molecule has 0 aliphatic heterocycles. The first-order valence-corrected chi connectivity index (χ1v) is 7.72. The third-order valence-electron chi connectivity index (χ3n) is 2.66. The molecular formula is C15H21NO2S. The van der Waals surface area contributed by atoms with Gasteiger partial charge in [-0.25, -0.2) is 0 Å². The molecule has 1 aromatic rings. The number of likely N-dealkylation sites (N-methyl/N-ethyl adjacent to an activating group) is 1. The molecule has 0 atom stereocenters. The van der Waals surface area contributed by atoms with Crippen molar-refractivity contribution in [2.45, 2.75) is 13.3 Å². The zero-order chi connectivity index (χ0) is 14.1. The third kappa shape index (κ3) is 5.39. The van der Waals surface area contributed by atoms with Gasteiger partial charge in [0.25, 0.3) is 0 Å². The Labute approximate surface area is 119 Å². The Morgan fingerprint density at radius 3 is 2.58 bits per heavy atom. The number of benzene rings is 1. The predicted octanol–water partition coefficient (Wildman–Crippen LogP) is 2.97. The molecule has 0 radical (unpaired) electrons. The Morgan fingerprint density at radius 1 is 1.37 bits per heavy atom. The summed E-state index contributed by atoms with van der Waals surface area (Å²) in [5, 5.41) is 2.86. The molecule has 1 N–H and O–H groups in total. The minimum atomic E-state index is 0.0207. The van der Waals surface area contributed by atoms with Gasteiger partial charge >= 0.3 is 0 Å². The van der Waals surface area contributed by atoms with E-state index in [1.807, 2.05) is 43.5 Å². The topological polar surface area (TPSA) is 38.3 Å². The molecule has 0 saturated carbocycles. The van der Waals surface area contributed by atoms with Gasteiger partial charge in [-0.1, -0.05) is 12.1 Å². The average Bonchev–Trinajstić information content (AvgIpc) is 2.44. The fourth-order valence-corrected chi connectivity index (χ4v) is 2.06. The van der Waals surface area contributed by atoms with Crippen molar-refractivity contribution in [1.82, 2.24) is 5.32 Å². The summed E-state index contributed by atoms with van der Waals surface area (Å²) in [4.78, 5) is 12.0. The summed E-state index contributed by atoms with van der Waals surface area (Å²) < 4.78 is 5.12.